The Hall–Kier alpha value is -3.08. The number of carboxylic acid groups (broad SMARTS) is 1. The van der Waals surface area contributed by atoms with Crippen molar-refractivity contribution in [1.29, 1.82) is 0 Å². The number of aromatic carboxylic acids is 1. The summed E-state index contributed by atoms with van der Waals surface area (Å²) >= 11 is 0. The number of nitrogens with zero attached hydrogens (tertiary/aromatic N) is 1. The number of fused-ring (bicyclic) bond motifs is 1. The maximum absolute atomic E-state index is 11.6. The third kappa shape index (κ3) is 2.88. The number of aromatic nitrogens is 1. The lowest BCUT2D eigenvalue weighted by molar-refractivity contribution is 0.0697. The molecule has 2 aromatic carbocycles. The van der Waals surface area contributed by atoms with E-state index in [4.69, 9.17) is 4.74 Å². The predicted octanol–water partition coefficient (Wildman–Crippen LogP) is 4.11. The SMILES string of the molecule is COc1cccc2c(N[C@H](C)c3ccccc3)c(C(=O)O)cnc12. The highest BCUT2D eigenvalue weighted by atomic mass is 16.5. The highest BCUT2D eigenvalue weighted by Gasteiger charge is 2.18. The molecule has 0 aliphatic carbocycles. The number of ether oxygens (including phenoxy) is 1. The Bertz CT molecular complexity index is 878. The largest absolute Gasteiger partial charge is 0.494 e. The van der Waals surface area contributed by atoms with Gasteiger partial charge in [-0.2, -0.15) is 0 Å². The first-order valence-corrected chi connectivity index (χ1v) is 7.62. The Balaban J connectivity index is 2.13. The molecule has 0 aliphatic rings. The normalized spacial score (nSPS) is 11.9. The number of rotatable bonds is 5. The third-order valence-corrected chi connectivity index (χ3v) is 3.97. The Labute approximate surface area is 139 Å². The number of hydrogen-bond acceptors (Lipinski definition) is 4. The van der Waals surface area contributed by atoms with E-state index in [0.717, 1.165) is 10.9 Å². The Morgan fingerprint density at radius 3 is 2.58 bits per heavy atom. The van der Waals surface area contributed by atoms with E-state index in [1.54, 1.807) is 13.2 Å². The van der Waals surface area contributed by atoms with E-state index >= 15 is 0 Å². The van der Waals surface area contributed by atoms with Crippen molar-refractivity contribution in [2.75, 3.05) is 12.4 Å². The molecule has 0 amide bonds. The maximum atomic E-state index is 11.6. The van der Waals surface area contributed by atoms with Gasteiger partial charge in [-0.15, -0.1) is 0 Å². The number of carboxylic acids is 1. The van der Waals surface area contributed by atoms with Crippen molar-refractivity contribution in [2.24, 2.45) is 0 Å². The molecule has 1 aromatic heterocycles. The van der Waals surface area contributed by atoms with Crippen LogP contribution >= 0.6 is 0 Å². The van der Waals surface area contributed by atoms with E-state index in [9.17, 15) is 9.90 Å². The number of carbonyl (C=O) groups is 1. The summed E-state index contributed by atoms with van der Waals surface area (Å²) in [6, 6.07) is 15.3. The molecule has 24 heavy (non-hydrogen) atoms. The Morgan fingerprint density at radius 2 is 1.92 bits per heavy atom. The van der Waals surface area contributed by atoms with Crippen molar-refractivity contribution in [3.8, 4) is 5.75 Å². The highest BCUT2D eigenvalue weighted by Crippen LogP contribution is 2.33. The van der Waals surface area contributed by atoms with Gasteiger partial charge in [0, 0.05) is 17.6 Å². The first-order valence-electron chi connectivity index (χ1n) is 7.62. The monoisotopic (exact) mass is 322 g/mol. The topological polar surface area (TPSA) is 71.5 Å². The van der Waals surface area contributed by atoms with E-state index in [2.05, 4.69) is 10.3 Å². The molecule has 5 nitrogen and oxygen atoms in total. The van der Waals surface area contributed by atoms with E-state index in [1.807, 2.05) is 49.4 Å². The second-order valence-electron chi connectivity index (χ2n) is 5.49. The standard InChI is InChI=1S/C19H18N2O3/c1-12(13-7-4-3-5-8-13)21-17-14-9-6-10-16(24-2)18(14)20-11-15(17)19(22)23/h3-12H,1-2H3,(H,20,21)(H,22,23)/t12-/m1/s1. The molecule has 5 heteroatoms. The Kier molecular flexibility index (Phi) is 4.33. The second kappa shape index (κ2) is 6.58. The molecule has 0 saturated carbocycles. The quantitative estimate of drug-likeness (QED) is 0.739. The summed E-state index contributed by atoms with van der Waals surface area (Å²) in [7, 11) is 1.57. The van der Waals surface area contributed by atoms with Crippen LogP contribution < -0.4 is 10.1 Å². The molecule has 0 bridgehead atoms. The number of para-hydroxylation sites is 1. The highest BCUT2D eigenvalue weighted by molar-refractivity contribution is 6.05. The first kappa shape index (κ1) is 15.8. The van der Waals surface area contributed by atoms with Crippen LogP contribution in [0.15, 0.2) is 54.7 Å². The van der Waals surface area contributed by atoms with Crippen LogP contribution in [-0.4, -0.2) is 23.2 Å². The van der Waals surface area contributed by atoms with Gasteiger partial charge in [0.05, 0.1) is 12.8 Å². The van der Waals surface area contributed by atoms with Crippen LogP contribution in [0, 0.1) is 0 Å². The molecule has 1 atom stereocenters. The van der Waals surface area contributed by atoms with Crippen LogP contribution in [0.4, 0.5) is 5.69 Å². The maximum Gasteiger partial charge on any atom is 0.339 e. The molecule has 3 aromatic rings. The van der Waals surface area contributed by atoms with Crippen LogP contribution in [-0.2, 0) is 0 Å². The van der Waals surface area contributed by atoms with Gasteiger partial charge in [-0.3, -0.25) is 4.98 Å². The molecule has 0 spiro atoms. The summed E-state index contributed by atoms with van der Waals surface area (Å²) in [5, 5.41) is 13.6. The fourth-order valence-corrected chi connectivity index (χ4v) is 2.72. The van der Waals surface area contributed by atoms with E-state index in [1.165, 1.54) is 6.20 Å². The molecule has 0 aliphatic heterocycles. The van der Waals surface area contributed by atoms with Gasteiger partial charge in [0.2, 0.25) is 0 Å². The zero-order valence-electron chi connectivity index (χ0n) is 13.5. The first-order chi connectivity index (χ1) is 11.6. The molecular weight excluding hydrogens is 304 g/mol. The molecule has 3 rings (SSSR count). The van der Waals surface area contributed by atoms with E-state index in [-0.39, 0.29) is 11.6 Å². The molecule has 2 N–H and O–H groups in total. The third-order valence-electron chi connectivity index (χ3n) is 3.97. The minimum Gasteiger partial charge on any atom is -0.494 e. The second-order valence-corrected chi connectivity index (χ2v) is 5.49. The van der Waals surface area contributed by atoms with Gasteiger partial charge < -0.3 is 15.2 Å². The van der Waals surface area contributed by atoms with Crippen molar-refractivity contribution in [3.05, 3.63) is 65.9 Å². The molecule has 0 radical (unpaired) electrons. The molecule has 0 unspecified atom stereocenters. The van der Waals surface area contributed by atoms with Gasteiger partial charge in [0.15, 0.2) is 0 Å². The lowest BCUT2D eigenvalue weighted by Crippen LogP contribution is -2.12. The lowest BCUT2D eigenvalue weighted by Gasteiger charge is -2.19. The molecule has 0 saturated heterocycles. The fraction of sp³-hybridized carbons (Fsp3) is 0.158. The summed E-state index contributed by atoms with van der Waals surface area (Å²) < 4.78 is 5.33. The number of anilines is 1. The number of pyridine rings is 1. The molecule has 122 valence electrons. The van der Waals surface area contributed by atoms with E-state index < -0.39 is 5.97 Å². The summed E-state index contributed by atoms with van der Waals surface area (Å²) in [5.41, 5.74) is 2.38. The zero-order chi connectivity index (χ0) is 17.1. The Morgan fingerprint density at radius 1 is 1.17 bits per heavy atom. The molecule has 0 fully saturated rings. The van der Waals surface area contributed by atoms with Crippen LogP contribution in [0.25, 0.3) is 10.9 Å². The van der Waals surface area contributed by atoms with Crippen molar-refractivity contribution in [3.63, 3.8) is 0 Å². The van der Waals surface area contributed by atoms with Gasteiger partial charge in [-0.05, 0) is 18.6 Å². The smallest absolute Gasteiger partial charge is 0.339 e. The van der Waals surface area contributed by atoms with Crippen molar-refractivity contribution >= 4 is 22.6 Å². The minimum absolute atomic E-state index is 0.0545. The van der Waals surface area contributed by atoms with Crippen LogP contribution in [0.1, 0.15) is 28.9 Å². The van der Waals surface area contributed by atoms with Crippen molar-refractivity contribution < 1.29 is 14.6 Å². The fourth-order valence-electron chi connectivity index (χ4n) is 2.72. The number of benzene rings is 2. The lowest BCUT2D eigenvalue weighted by atomic mass is 10.0. The summed E-state index contributed by atoms with van der Waals surface area (Å²) in [6.07, 6.45) is 1.37. The average Bonchev–Trinajstić information content (AvgIpc) is 2.61. The summed E-state index contributed by atoms with van der Waals surface area (Å²) in [4.78, 5) is 15.9. The summed E-state index contributed by atoms with van der Waals surface area (Å²) in [5.74, 6) is -0.408. The summed E-state index contributed by atoms with van der Waals surface area (Å²) in [6.45, 7) is 1.99. The number of nitrogens with one attached hydrogen (secondary N) is 1. The average molecular weight is 322 g/mol. The van der Waals surface area contributed by atoms with E-state index in [0.29, 0.717) is 17.0 Å². The van der Waals surface area contributed by atoms with Gasteiger partial charge in [0.25, 0.3) is 0 Å². The van der Waals surface area contributed by atoms with Crippen LogP contribution in [0.5, 0.6) is 5.75 Å². The molecule has 1 heterocycles. The zero-order valence-corrected chi connectivity index (χ0v) is 13.5. The van der Waals surface area contributed by atoms with Crippen molar-refractivity contribution in [2.45, 2.75) is 13.0 Å². The van der Waals surface area contributed by atoms with Gasteiger partial charge in [-0.1, -0.05) is 42.5 Å². The number of methoxy groups -OCH3 is 1. The predicted molar refractivity (Wildman–Crippen MR) is 93.7 cm³/mol. The van der Waals surface area contributed by atoms with Gasteiger partial charge >= 0.3 is 5.97 Å². The van der Waals surface area contributed by atoms with Crippen LogP contribution in [0.3, 0.4) is 0 Å². The van der Waals surface area contributed by atoms with Crippen LogP contribution in [0.2, 0.25) is 0 Å². The van der Waals surface area contributed by atoms with Gasteiger partial charge in [0.1, 0.15) is 16.8 Å². The van der Waals surface area contributed by atoms with Gasteiger partial charge in [-0.25, -0.2) is 4.79 Å². The molecular formula is C19H18N2O3. The number of hydrogen-bond donors (Lipinski definition) is 2. The minimum atomic E-state index is -1.02. The van der Waals surface area contributed by atoms with Crippen molar-refractivity contribution in [1.82, 2.24) is 4.98 Å².